The van der Waals surface area contributed by atoms with Crippen molar-refractivity contribution in [2.75, 3.05) is 49.5 Å². The molecule has 178 valence electrons. The summed E-state index contributed by atoms with van der Waals surface area (Å²) in [5.41, 5.74) is 5.49. The summed E-state index contributed by atoms with van der Waals surface area (Å²) in [6.45, 7) is 12.1. The zero-order valence-electron chi connectivity index (χ0n) is 19.9. The molecule has 0 saturated carbocycles. The van der Waals surface area contributed by atoms with Crippen LogP contribution in [0.2, 0.25) is 0 Å². The van der Waals surface area contributed by atoms with Crippen LogP contribution in [0.1, 0.15) is 19.5 Å². The molecule has 0 spiro atoms. The number of aromatic amines is 1. The summed E-state index contributed by atoms with van der Waals surface area (Å²) in [5, 5.41) is 11.4. The van der Waals surface area contributed by atoms with Crippen LogP contribution in [0, 0.1) is 6.92 Å². The summed E-state index contributed by atoms with van der Waals surface area (Å²) in [7, 11) is 0. The third-order valence-electron chi connectivity index (χ3n) is 6.10. The lowest BCUT2D eigenvalue weighted by Crippen LogP contribution is -2.47. The Morgan fingerprint density at radius 3 is 2.76 bits per heavy atom. The van der Waals surface area contributed by atoms with Gasteiger partial charge in [-0.25, -0.2) is 9.97 Å². The molecule has 3 aromatic heterocycles. The lowest BCUT2D eigenvalue weighted by Gasteiger charge is -2.36. The molecular formula is C25H31N7OS. The van der Waals surface area contributed by atoms with Gasteiger partial charge in [0.1, 0.15) is 5.82 Å². The van der Waals surface area contributed by atoms with Crippen molar-refractivity contribution in [1.82, 2.24) is 25.1 Å². The highest BCUT2D eigenvalue weighted by Gasteiger charge is 2.18. The number of piperazine rings is 1. The molecule has 1 fully saturated rings. The number of anilines is 3. The minimum Gasteiger partial charge on any atom is -0.377 e. The number of aryl methyl sites for hydroxylation is 1. The molecule has 0 bridgehead atoms. The Labute approximate surface area is 204 Å². The molecule has 9 heteroatoms. The lowest BCUT2D eigenvalue weighted by atomic mass is 10.1. The van der Waals surface area contributed by atoms with Gasteiger partial charge in [-0.1, -0.05) is 17.4 Å². The molecule has 1 aromatic carbocycles. The number of hydrogen-bond acceptors (Lipinski definition) is 8. The number of H-pyrrole nitrogens is 1. The topological polar surface area (TPSA) is 82.2 Å². The van der Waals surface area contributed by atoms with E-state index in [1.165, 1.54) is 5.69 Å². The van der Waals surface area contributed by atoms with Crippen LogP contribution in [0.5, 0.6) is 0 Å². The Balaban J connectivity index is 1.23. The lowest BCUT2D eigenvalue weighted by molar-refractivity contribution is 0.0579. The number of pyridine rings is 1. The maximum Gasteiger partial charge on any atom is 0.189 e. The zero-order valence-corrected chi connectivity index (χ0v) is 20.7. The predicted octanol–water partition coefficient (Wildman–Crippen LogP) is 4.68. The molecule has 1 aliphatic heterocycles. The molecule has 34 heavy (non-hydrogen) atoms. The smallest absolute Gasteiger partial charge is 0.189 e. The van der Waals surface area contributed by atoms with Crippen LogP contribution in [-0.4, -0.2) is 70.5 Å². The van der Waals surface area contributed by atoms with E-state index in [9.17, 15) is 0 Å². The van der Waals surface area contributed by atoms with E-state index in [1.807, 2.05) is 19.3 Å². The molecule has 2 N–H and O–H groups in total. The van der Waals surface area contributed by atoms with Crippen LogP contribution in [-0.2, 0) is 4.74 Å². The molecule has 4 aromatic rings. The maximum atomic E-state index is 5.70. The Bertz CT molecular complexity index is 1240. The molecule has 5 rings (SSSR count). The summed E-state index contributed by atoms with van der Waals surface area (Å²) >= 11 is 1.64. The number of aromatic nitrogens is 4. The second-order valence-corrected chi connectivity index (χ2v) is 9.91. The minimum atomic E-state index is 0.294. The number of benzene rings is 1. The number of nitrogens with zero attached hydrogens (tertiary/aromatic N) is 5. The van der Waals surface area contributed by atoms with Crippen molar-refractivity contribution in [3.8, 4) is 11.1 Å². The van der Waals surface area contributed by atoms with E-state index in [2.05, 4.69) is 74.5 Å². The number of fused-ring (bicyclic) bond motifs is 1. The highest BCUT2D eigenvalue weighted by Crippen LogP contribution is 2.32. The summed E-state index contributed by atoms with van der Waals surface area (Å²) in [6, 6.07) is 10.5. The van der Waals surface area contributed by atoms with Gasteiger partial charge < -0.3 is 15.0 Å². The number of rotatable bonds is 8. The molecule has 4 heterocycles. The van der Waals surface area contributed by atoms with E-state index < -0.39 is 0 Å². The Morgan fingerprint density at radius 2 is 2.00 bits per heavy atom. The molecule has 0 atom stereocenters. The maximum absolute atomic E-state index is 5.70. The fraction of sp³-hybridized carbons (Fsp3) is 0.400. The standard InChI is InChI=1S/C25H31N7OS/c1-17(2)33-13-12-31-8-10-32(11-9-31)20-6-7-26-24(15-20)29-25-28-22-5-4-19(14-23(22)34-25)21-16-27-30-18(21)3/h4-7,14-17H,8-13H2,1-3H3,(H,27,30)(H,26,28,29). The van der Waals surface area contributed by atoms with Gasteiger partial charge in [0.15, 0.2) is 5.13 Å². The number of nitrogens with one attached hydrogen (secondary N) is 2. The number of thiazole rings is 1. The van der Waals surface area contributed by atoms with Crippen molar-refractivity contribution in [1.29, 1.82) is 0 Å². The molecule has 0 unspecified atom stereocenters. The van der Waals surface area contributed by atoms with Crippen molar-refractivity contribution < 1.29 is 4.74 Å². The summed E-state index contributed by atoms with van der Waals surface area (Å²) in [5.74, 6) is 0.815. The van der Waals surface area contributed by atoms with Crippen LogP contribution in [0.25, 0.3) is 21.3 Å². The van der Waals surface area contributed by atoms with Gasteiger partial charge in [-0.05, 0) is 44.5 Å². The van der Waals surface area contributed by atoms with E-state index in [0.29, 0.717) is 6.10 Å². The first-order valence-electron chi connectivity index (χ1n) is 11.8. The molecular weight excluding hydrogens is 446 g/mol. The van der Waals surface area contributed by atoms with Gasteiger partial charge in [0.05, 0.1) is 29.1 Å². The first-order chi connectivity index (χ1) is 16.5. The minimum absolute atomic E-state index is 0.294. The van der Waals surface area contributed by atoms with E-state index in [4.69, 9.17) is 9.72 Å². The van der Waals surface area contributed by atoms with Crippen LogP contribution in [0.3, 0.4) is 0 Å². The normalized spacial score (nSPS) is 14.9. The summed E-state index contributed by atoms with van der Waals surface area (Å²) in [4.78, 5) is 14.2. The first-order valence-corrected chi connectivity index (χ1v) is 12.6. The highest BCUT2D eigenvalue weighted by atomic mass is 32.1. The fourth-order valence-electron chi connectivity index (χ4n) is 4.23. The molecule has 0 amide bonds. The van der Waals surface area contributed by atoms with Crippen molar-refractivity contribution in [2.24, 2.45) is 0 Å². The van der Waals surface area contributed by atoms with Gasteiger partial charge in [-0.3, -0.25) is 10.00 Å². The molecule has 0 aliphatic carbocycles. The fourth-order valence-corrected chi connectivity index (χ4v) is 5.14. The van der Waals surface area contributed by atoms with Gasteiger partial charge in [-0.15, -0.1) is 0 Å². The molecule has 0 radical (unpaired) electrons. The van der Waals surface area contributed by atoms with E-state index >= 15 is 0 Å². The first kappa shape index (κ1) is 22.8. The highest BCUT2D eigenvalue weighted by molar-refractivity contribution is 7.22. The van der Waals surface area contributed by atoms with Gasteiger partial charge in [0.2, 0.25) is 0 Å². The van der Waals surface area contributed by atoms with Crippen molar-refractivity contribution in [3.05, 3.63) is 48.4 Å². The number of hydrogen-bond donors (Lipinski definition) is 2. The molecule has 1 aliphatic rings. The average Bonchev–Trinajstić information content (AvgIpc) is 3.44. The van der Waals surface area contributed by atoms with Crippen molar-refractivity contribution >= 4 is 38.2 Å². The van der Waals surface area contributed by atoms with E-state index in [1.54, 1.807) is 11.3 Å². The average molecular weight is 478 g/mol. The molecule has 8 nitrogen and oxygen atoms in total. The number of ether oxygens (including phenoxy) is 1. The second kappa shape index (κ2) is 10.1. The van der Waals surface area contributed by atoms with Crippen LogP contribution in [0.4, 0.5) is 16.6 Å². The van der Waals surface area contributed by atoms with Crippen molar-refractivity contribution in [2.45, 2.75) is 26.9 Å². The van der Waals surface area contributed by atoms with E-state index in [-0.39, 0.29) is 0 Å². The molecule has 1 saturated heterocycles. The SMILES string of the molecule is Cc1[nH]ncc1-c1ccc2nc(Nc3cc(N4CCN(CCOC(C)C)CC4)ccn3)sc2c1. The van der Waals surface area contributed by atoms with Crippen LogP contribution < -0.4 is 10.2 Å². The largest absolute Gasteiger partial charge is 0.377 e. The third-order valence-corrected chi connectivity index (χ3v) is 7.04. The van der Waals surface area contributed by atoms with Crippen LogP contribution >= 0.6 is 11.3 Å². The Kier molecular flexibility index (Phi) is 6.75. The zero-order chi connectivity index (χ0) is 23.5. The predicted molar refractivity (Wildman–Crippen MR) is 139 cm³/mol. The van der Waals surface area contributed by atoms with Gasteiger partial charge >= 0.3 is 0 Å². The Morgan fingerprint density at radius 1 is 1.15 bits per heavy atom. The van der Waals surface area contributed by atoms with E-state index in [0.717, 1.165) is 77.3 Å². The second-order valence-electron chi connectivity index (χ2n) is 8.88. The quantitative estimate of drug-likeness (QED) is 0.381. The third kappa shape index (κ3) is 5.22. The van der Waals surface area contributed by atoms with Gasteiger partial charge in [0.25, 0.3) is 0 Å². The summed E-state index contributed by atoms with van der Waals surface area (Å²) < 4.78 is 6.83. The Hall–Kier alpha value is -3.01. The van der Waals surface area contributed by atoms with Gasteiger partial charge in [0, 0.05) is 61.9 Å². The van der Waals surface area contributed by atoms with Crippen LogP contribution in [0.15, 0.2) is 42.7 Å². The monoisotopic (exact) mass is 477 g/mol. The summed E-state index contributed by atoms with van der Waals surface area (Å²) in [6.07, 6.45) is 4.03. The van der Waals surface area contributed by atoms with Crippen molar-refractivity contribution in [3.63, 3.8) is 0 Å². The van der Waals surface area contributed by atoms with Gasteiger partial charge in [-0.2, -0.15) is 5.10 Å².